The van der Waals surface area contributed by atoms with Crippen LogP contribution in [0, 0.1) is 6.92 Å². The number of hydrogen-bond acceptors (Lipinski definition) is 4. The predicted molar refractivity (Wildman–Crippen MR) is 103 cm³/mol. The predicted octanol–water partition coefficient (Wildman–Crippen LogP) is 2.43. The first kappa shape index (κ1) is 17.3. The molecule has 27 heavy (non-hydrogen) atoms. The molecule has 1 amide bonds. The van der Waals surface area contributed by atoms with E-state index in [-0.39, 0.29) is 23.8 Å². The third-order valence-electron chi connectivity index (χ3n) is 4.95. The van der Waals surface area contributed by atoms with E-state index >= 15 is 0 Å². The molecule has 2 heterocycles. The second-order valence-corrected chi connectivity index (χ2v) is 6.65. The maximum absolute atomic E-state index is 12.7. The van der Waals surface area contributed by atoms with Crippen LogP contribution in [0.15, 0.2) is 53.3 Å². The highest BCUT2D eigenvalue weighted by Crippen LogP contribution is 2.26. The molecule has 0 atom stereocenters. The van der Waals surface area contributed by atoms with E-state index in [1.165, 1.54) is 0 Å². The maximum Gasteiger partial charge on any atom is 0.257 e. The van der Waals surface area contributed by atoms with Crippen LogP contribution in [0.5, 0.6) is 5.75 Å². The molecule has 2 aromatic carbocycles. The summed E-state index contributed by atoms with van der Waals surface area (Å²) < 4.78 is 6.83. The zero-order valence-corrected chi connectivity index (χ0v) is 15.0. The van der Waals surface area contributed by atoms with Crippen molar-refractivity contribution in [2.45, 2.75) is 13.5 Å². The Bertz CT molecular complexity index is 1070. The van der Waals surface area contributed by atoms with Crippen LogP contribution in [0.1, 0.15) is 11.1 Å². The van der Waals surface area contributed by atoms with Crippen LogP contribution in [0.4, 0.5) is 5.69 Å². The van der Waals surface area contributed by atoms with Crippen molar-refractivity contribution >= 4 is 22.5 Å². The van der Waals surface area contributed by atoms with E-state index in [0.29, 0.717) is 36.2 Å². The van der Waals surface area contributed by atoms with Crippen molar-refractivity contribution in [3.05, 3.63) is 70.0 Å². The van der Waals surface area contributed by atoms with Gasteiger partial charge in [-0.05, 0) is 36.8 Å². The summed E-state index contributed by atoms with van der Waals surface area (Å²) in [5.74, 6) is -0.0154. The number of carbonyl (C=O) groups is 1. The fourth-order valence-electron chi connectivity index (χ4n) is 3.44. The topological polar surface area (TPSA) is 71.8 Å². The second kappa shape index (κ2) is 6.89. The molecule has 0 bridgehead atoms. The zero-order chi connectivity index (χ0) is 19.0. The normalized spacial score (nSPS) is 14.7. The monoisotopic (exact) mass is 364 g/mol. The Balaban J connectivity index is 1.69. The molecule has 0 radical (unpaired) electrons. The summed E-state index contributed by atoms with van der Waals surface area (Å²) in [5.41, 5.74) is 2.59. The smallest absolute Gasteiger partial charge is 0.257 e. The van der Waals surface area contributed by atoms with Gasteiger partial charge in [0.2, 0.25) is 0 Å². The molecule has 1 aliphatic heterocycles. The summed E-state index contributed by atoms with van der Waals surface area (Å²) in [6.07, 6.45) is 0. The summed E-state index contributed by atoms with van der Waals surface area (Å²) in [6.45, 7) is 3.20. The van der Waals surface area contributed by atoms with E-state index in [1.54, 1.807) is 22.5 Å². The average molecular weight is 364 g/mol. The fraction of sp³-hybridized carbons (Fsp3) is 0.238. The van der Waals surface area contributed by atoms with Crippen molar-refractivity contribution in [3.63, 3.8) is 0 Å². The van der Waals surface area contributed by atoms with Crippen molar-refractivity contribution < 1.29 is 14.6 Å². The quantitative estimate of drug-likeness (QED) is 0.775. The lowest BCUT2D eigenvalue weighted by molar-refractivity contribution is -0.125. The molecule has 138 valence electrons. The number of hydrogen-bond donors (Lipinski definition) is 1. The van der Waals surface area contributed by atoms with Gasteiger partial charge in [-0.1, -0.05) is 24.3 Å². The summed E-state index contributed by atoms with van der Waals surface area (Å²) in [5, 5.41) is 10.9. The van der Waals surface area contributed by atoms with Gasteiger partial charge in [-0.3, -0.25) is 9.59 Å². The Labute approximate surface area is 156 Å². The summed E-state index contributed by atoms with van der Waals surface area (Å²) in [4.78, 5) is 26.4. The van der Waals surface area contributed by atoms with Crippen LogP contribution in [-0.4, -0.2) is 35.3 Å². The number of benzene rings is 2. The van der Waals surface area contributed by atoms with Gasteiger partial charge in [0, 0.05) is 17.6 Å². The van der Waals surface area contributed by atoms with Gasteiger partial charge in [0.1, 0.15) is 12.4 Å². The Kier molecular flexibility index (Phi) is 4.41. The SMILES string of the molecule is Cc1c(O)c2ccccc2n(Cc2ccc(N3CCOCC3=O)cc2)c1=O. The molecule has 1 aliphatic rings. The lowest BCUT2D eigenvalue weighted by Crippen LogP contribution is -2.41. The van der Waals surface area contributed by atoms with Gasteiger partial charge in [-0.2, -0.15) is 0 Å². The molecule has 3 aromatic rings. The minimum atomic E-state index is -0.210. The van der Waals surface area contributed by atoms with Crippen molar-refractivity contribution in [1.29, 1.82) is 0 Å². The van der Waals surface area contributed by atoms with Gasteiger partial charge in [-0.15, -0.1) is 0 Å². The first-order valence-electron chi connectivity index (χ1n) is 8.84. The van der Waals surface area contributed by atoms with Gasteiger partial charge >= 0.3 is 0 Å². The minimum Gasteiger partial charge on any atom is -0.507 e. The van der Waals surface area contributed by atoms with E-state index < -0.39 is 0 Å². The molecule has 0 saturated carbocycles. The fourth-order valence-corrected chi connectivity index (χ4v) is 3.44. The Morgan fingerprint density at radius 2 is 1.81 bits per heavy atom. The van der Waals surface area contributed by atoms with Crippen molar-refractivity contribution in [2.24, 2.45) is 0 Å². The molecule has 0 unspecified atom stereocenters. The highest BCUT2D eigenvalue weighted by molar-refractivity contribution is 5.94. The van der Waals surface area contributed by atoms with Crippen molar-refractivity contribution in [2.75, 3.05) is 24.7 Å². The van der Waals surface area contributed by atoms with Crippen LogP contribution in [-0.2, 0) is 16.1 Å². The largest absolute Gasteiger partial charge is 0.507 e. The maximum atomic E-state index is 12.7. The molecule has 1 aromatic heterocycles. The third-order valence-corrected chi connectivity index (χ3v) is 4.95. The minimum absolute atomic E-state index is 0.0352. The summed E-state index contributed by atoms with van der Waals surface area (Å²) in [7, 11) is 0. The molecule has 6 heteroatoms. The van der Waals surface area contributed by atoms with Gasteiger partial charge < -0.3 is 19.3 Å². The molecule has 1 N–H and O–H groups in total. The van der Waals surface area contributed by atoms with Crippen molar-refractivity contribution in [1.82, 2.24) is 4.57 Å². The van der Waals surface area contributed by atoms with Crippen LogP contribution < -0.4 is 10.5 Å². The lowest BCUT2D eigenvalue weighted by atomic mass is 10.1. The van der Waals surface area contributed by atoms with Crippen LogP contribution >= 0.6 is 0 Å². The summed E-state index contributed by atoms with van der Waals surface area (Å²) in [6, 6.07) is 14.9. The van der Waals surface area contributed by atoms with Gasteiger partial charge in [-0.25, -0.2) is 0 Å². The number of ether oxygens (including phenoxy) is 1. The van der Waals surface area contributed by atoms with Crippen LogP contribution in [0.2, 0.25) is 0 Å². The number of carbonyl (C=O) groups excluding carboxylic acids is 1. The average Bonchev–Trinajstić information content (AvgIpc) is 2.70. The number of nitrogens with zero attached hydrogens (tertiary/aromatic N) is 2. The number of pyridine rings is 1. The standard InChI is InChI=1S/C21H20N2O4/c1-14-20(25)17-4-2-3-5-18(17)23(21(14)26)12-15-6-8-16(9-7-15)22-10-11-27-13-19(22)24/h2-9,25H,10-13H2,1H3. The third kappa shape index (κ3) is 3.08. The van der Waals surface area contributed by atoms with Crippen LogP contribution in [0.25, 0.3) is 10.9 Å². The molecular formula is C21H20N2O4. The van der Waals surface area contributed by atoms with Gasteiger partial charge in [0.25, 0.3) is 11.5 Å². The van der Waals surface area contributed by atoms with E-state index in [9.17, 15) is 14.7 Å². The number of fused-ring (bicyclic) bond motifs is 1. The van der Waals surface area contributed by atoms with E-state index in [0.717, 1.165) is 11.3 Å². The van der Waals surface area contributed by atoms with Gasteiger partial charge in [0.15, 0.2) is 0 Å². The molecule has 0 spiro atoms. The molecule has 0 aliphatic carbocycles. The summed E-state index contributed by atoms with van der Waals surface area (Å²) >= 11 is 0. The number of rotatable bonds is 3. The van der Waals surface area contributed by atoms with Crippen molar-refractivity contribution in [3.8, 4) is 5.75 Å². The molecule has 4 rings (SSSR count). The first-order chi connectivity index (χ1) is 13.1. The number of morpholine rings is 1. The van der Waals surface area contributed by atoms with Gasteiger partial charge in [0.05, 0.1) is 24.2 Å². The Morgan fingerprint density at radius 1 is 1.07 bits per heavy atom. The zero-order valence-electron chi connectivity index (χ0n) is 15.0. The highest BCUT2D eigenvalue weighted by Gasteiger charge is 2.20. The second-order valence-electron chi connectivity index (χ2n) is 6.65. The number of anilines is 1. The van der Waals surface area contributed by atoms with Crippen LogP contribution in [0.3, 0.4) is 0 Å². The molecule has 6 nitrogen and oxygen atoms in total. The number of aromatic nitrogens is 1. The number of amides is 1. The lowest BCUT2D eigenvalue weighted by Gasteiger charge is -2.27. The number of para-hydroxylation sites is 1. The Morgan fingerprint density at radius 3 is 2.56 bits per heavy atom. The van der Waals surface area contributed by atoms with E-state index in [2.05, 4.69) is 0 Å². The Hall–Kier alpha value is -3.12. The molecular weight excluding hydrogens is 344 g/mol. The van der Waals surface area contributed by atoms with E-state index in [4.69, 9.17) is 4.74 Å². The molecule has 1 fully saturated rings. The van der Waals surface area contributed by atoms with E-state index in [1.807, 2.05) is 42.5 Å². The number of aromatic hydroxyl groups is 1. The highest BCUT2D eigenvalue weighted by atomic mass is 16.5. The first-order valence-corrected chi connectivity index (χ1v) is 8.84. The molecule has 1 saturated heterocycles.